The van der Waals surface area contributed by atoms with Crippen LogP contribution in [0.4, 0.5) is 5.69 Å². The molecule has 2 aromatic heterocycles. The third-order valence-electron chi connectivity index (χ3n) is 2.41. The molecule has 2 heterocycles. The van der Waals surface area contributed by atoms with Gasteiger partial charge in [-0.05, 0) is 13.0 Å². The van der Waals surface area contributed by atoms with Crippen molar-refractivity contribution in [1.82, 2.24) is 9.97 Å². The number of H-pyrrole nitrogens is 1. The SMILES string of the molecule is COC(=O)C(C)Nc1c[nH]c2ccncc12. The molecule has 5 heteroatoms. The number of ether oxygens (including phenoxy) is 1. The molecule has 0 radical (unpaired) electrons. The number of pyridine rings is 1. The smallest absolute Gasteiger partial charge is 0.327 e. The Bertz CT molecular complexity index is 507. The maximum Gasteiger partial charge on any atom is 0.327 e. The van der Waals surface area contributed by atoms with Crippen molar-refractivity contribution >= 4 is 22.6 Å². The van der Waals surface area contributed by atoms with Crippen LogP contribution in [0.5, 0.6) is 0 Å². The number of aromatic nitrogens is 2. The number of rotatable bonds is 3. The third kappa shape index (κ3) is 1.84. The van der Waals surface area contributed by atoms with E-state index in [2.05, 4.69) is 20.0 Å². The molecule has 2 aromatic rings. The molecular formula is C11H13N3O2. The number of hydrogen-bond donors (Lipinski definition) is 2. The molecule has 2 N–H and O–H groups in total. The molecule has 84 valence electrons. The van der Waals surface area contributed by atoms with Crippen molar-refractivity contribution in [2.45, 2.75) is 13.0 Å². The second kappa shape index (κ2) is 4.22. The van der Waals surface area contributed by atoms with E-state index >= 15 is 0 Å². The number of hydrogen-bond acceptors (Lipinski definition) is 4. The van der Waals surface area contributed by atoms with Crippen molar-refractivity contribution in [2.75, 3.05) is 12.4 Å². The van der Waals surface area contributed by atoms with Crippen LogP contribution in [0.25, 0.3) is 10.9 Å². The first-order chi connectivity index (χ1) is 7.72. The first-order valence-electron chi connectivity index (χ1n) is 4.98. The van der Waals surface area contributed by atoms with Gasteiger partial charge in [-0.25, -0.2) is 4.79 Å². The molecule has 0 aliphatic carbocycles. The highest BCUT2D eigenvalue weighted by Gasteiger charge is 2.14. The normalized spacial score (nSPS) is 12.4. The van der Waals surface area contributed by atoms with E-state index in [4.69, 9.17) is 0 Å². The molecule has 0 aliphatic heterocycles. The summed E-state index contributed by atoms with van der Waals surface area (Å²) < 4.78 is 4.65. The van der Waals surface area contributed by atoms with Gasteiger partial charge in [-0.1, -0.05) is 0 Å². The lowest BCUT2D eigenvalue weighted by atomic mass is 10.2. The van der Waals surface area contributed by atoms with Gasteiger partial charge >= 0.3 is 5.97 Å². The highest BCUT2D eigenvalue weighted by molar-refractivity contribution is 5.93. The third-order valence-corrected chi connectivity index (χ3v) is 2.41. The van der Waals surface area contributed by atoms with Gasteiger partial charge in [0.25, 0.3) is 0 Å². The minimum atomic E-state index is -0.385. The van der Waals surface area contributed by atoms with Gasteiger partial charge in [0.15, 0.2) is 0 Å². The lowest BCUT2D eigenvalue weighted by Crippen LogP contribution is -2.26. The topological polar surface area (TPSA) is 67.0 Å². The Hall–Kier alpha value is -2.04. The zero-order valence-corrected chi connectivity index (χ0v) is 9.15. The Morgan fingerprint density at radius 1 is 1.62 bits per heavy atom. The van der Waals surface area contributed by atoms with Gasteiger partial charge in [-0.3, -0.25) is 4.98 Å². The number of fused-ring (bicyclic) bond motifs is 1. The van der Waals surface area contributed by atoms with E-state index in [9.17, 15) is 4.79 Å². The number of aromatic amines is 1. The lowest BCUT2D eigenvalue weighted by molar-refractivity contribution is -0.141. The van der Waals surface area contributed by atoms with Crippen LogP contribution < -0.4 is 5.32 Å². The van der Waals surface area contributed by atoms with E-state index in [0.717, 1.165) is 16.6 Å². The Balaban J connectivity index is 2.24. The van der Waals surface area contributed by atoms with E-state index in [1.54, 1.807) is 19.3 Å². The molecule has 0 bridgehead atoms. The average molecular weight is 219 g/mol. The van der Waals surface area contributed by atoms with Gasteiger partial charge < -0.3 is 15.0 Å². The quantitative estimate of drug-likeness (QED) is 0.768. The Kier molecular flexibility index (Phi) is 2.76. The number of esters is 1. The summed E-state index contributed by atoms with van der Waals surface area (Å²) in [6.45, 7) is 1.75. The highest BCUT2D eigenvalue weighted by atomic mass is 16.5. The van der Waals surface area contributed by atoms with Crippen LogP contribution in [-0.2, 0) is 9.53 Å². The second-order valence-corrected chi connectivity index (χ2v) is 3.51. The summed E-state index contributed by atoms with van der Waals surface area (Å²) in [7, 11) is 1.37. The van der Waals surface area contributed by atoms with E-state index < -0.39 is 0 Å². The fourth-order valence-corrected chi connectivity index (χ4v) is 1.55. The molecule has 1 atom stereocenters. The lowest BCUT2D eigenvalue weighted by Gasteiger charge is -2.11. The summed E-state index contributed by atoms with van der Waals surface area (Å²) in [6.07, 6.45) is 5.27. The van der Waals surface area contributed by atoms with Crippen LogP contribution in [0.2, 0.25) is 0 Å². The largest absolute Gasteiger partial charge is 0.467 e. The fraction of sp³-hybridized carbons (Fsp3) is 0.273. The summed E-state index contributed by atoms with van der Waals surface area (Å²) in [5.74, 6) is -0.293. The predicted octanol–water partition coefficient (Wildman–Crippen LogP) is 1.54. The van der Waals surface area contributed by atoms with Gasteiger partial charge in [0.1, 0.15) is 6.04 Å². The first kappa shape index (κ1) is 10.5. The van der Waals surface area contributed by atoms with Crippen LogP contribution >= 0.6 is 0 Å². The standard InChI is InChI=1S/C11H13N3O2/c1-7(11(15)16-2)14-10-6-13-9-3-4-12-5-8(9)10/h3-7,13-14H,1-2H3. The molecule has 1 unspecified atom stereocenters. The van der Waals surface area contributed by atoms with Crippen molar-refractivity contribution in [3.8, 4) is 0 Å². The number of carbonyl (C=O) groups excluding carboxylic acids is 1. The van der Waals surface area contributed by atoms with Crippen molar-refractivity contribution in [1.29, 1.82) is 0 Å². The number of nitrogens with zero attached hydrogens (tertiary/aromatic N) is 1. The number of carbonyl (C=O) groups is 1. The predicted molar refractivity (Wildman–Crippen MR) is 61.2 cm³/mol. The fourth-order valence-electron chi connectivity index (χ4n) is 1.55. The Morgan fingerprint density at radius 3 is 3.19 bits per heavy atom. The Labute approximate surface area is 92.8 Å². The molecule has 5 nitrogen and oxygen atoms in total. The van der Waals surface area contributed by atoms with Gasteiger partial charge in [0, 0.05) is 24.0 Å². The van der Waals surface area contributed by atoms with Crippen molar-refractivity contribution in [3.63, 3.8) is 0 Å². The molecule has 0 saturated carbocycles. The van der Waals surface area contributed by atoms with Crippen LogP contribution in [0, 0.1) is 0 Å². The first-order valence-corrected chi connectivity index (χ1v) is 4.98. The monoisotopic (exact) mass is 219 g/mol. The number of nitrogens with one attached hydrogen (secondary N) is 2. The van der Waals surface area contributed by atoms with E-state index in [0.29, 0.717) is 0 Å². The molecule has 0 aromatic carbocycles. The van der Waals surface area contributed by atoms with Crippen molar-refractivity contribution in [3.05, 3.63) is 24.7 Å². The zero-order chi connectivity index (χ0) is 11.5. The maximum atomic E-state index is 11.3. The molecular weight excluding hydrogens is 206 g/mol. The molecule has 0 aliphatic rings. The van der Waals surface area contributed by atoms with Gasteiger partial charge in [0.2, 0.25) is 0 Å². The zero-order valence-electron chi connectivity index (χ0n) is 9.15. The number of anilines is 1. The molecule has 16 heavy (non-hydrogen) atoms. The van der Waals surface area contributed by atoms with Crippen LogP contribution in [0.15, 0.2) is 24.7 Å². The summed E-state index contributed by atoms with van der Waals surface area (Å²) in [6, 6.07) is 1.49. The van der Waals surface area contributed by atoms with Crippen LogP contribution in [0.3, 0.4) is 0 Å². The average Bonchev–Trinajstić information content (AvgIpc) is 2.72. The molecule has 0 fully saturated rings. The van der Waals surface area contributed by atoms with Crippen LogP contribution in [-0.4, -0.2) is 29.1 Å². The van der Waals surface area contributed by atoms with Crippen molar-refractivity contribution < 1.29 is 9.53 Å². The Morgan fingerprint density at radius 2 is 2.44 bits per heavy atom. The van der Waals surface area contributed by atoms with E-state index in [1.165, 1.54) is 7.11 Å². The van der Waals surface area contributed by atoms with Crippen molar-refractivity contribution in [2.24, 2.45) is 0 Å². The molecule has 0 saturated heterocycles. The molecule has 0 amide bonds. The van der Waals surface area contributed by atoms with E-state index in [-0.39, 0.29) is 12.0 Å². The summed E-state index contributed by atoms with van der Waals surface area (Å²) in [5, 5.41) is 4.03. The van der Waals surface area contributed by atoms with Gasteiger partial charge in [-0.15, -0.1) is 0 Å². The number of methoxy groups -OCH3 is 1. The maximum absolute atomic E-state index is 11.3. The summed E-state index contributed by atoms with van der Waals surface area (Å²) >= 11 is 0. The minimum absolute atomic E-state index is 0.293. The summed E-state index contributed by atoms with van der Waals surface area (Å²) in [5.41, 5.74) is 1.83. The molecule has 0 spiro atoms. The second-order valence-electron chi connectivity index (χ2n) is 3.51. The minimum Gasteiger partial charge on any atom is -0.467 e. The van der Waals surface area contributed by atoms with Gasteiger partial charge in [0.05, 0.1) is 18.3 Å². The molecule has 2 rings (SSSR count). The highest BCUT2D eigenvalue weighted by Crippen LogP contribution is 2.22. The summed E-state index contributed by atoms with van der Waals surface area (Å²) in [4.78, 5) is 18.4. The van der Waals surface area contributed by atoms with E-state index in [1.807, 2.05) is 12.3 Å². The van der Waals surface area contributed by atoms with Gasteiger partial charge in [-0.2, -0.15) is 0 Å². The van der Waals surface area contributed by atoms with Crippen LogP contribution in [0.1, 0.15) is 6.92 Å².